The highest BCUT2D eigenvalue weighted by atomic mass is 79.9. The first-order chi connectivity index (χ1) is 8.08. The summed E-state index contributed by atoms with van der Waals surface area (Å²) in [5.74, 6) is -1.09. The number of anilines is 2. The van der Waals surface area contributed by atoms with Crippen molar-refractivity contribution in [1.82, 2.24) is 4.98 Å². The van der Waals surface area contributed by atoms with Crippen LogP contribution < -0.4 is 5.32 Å². The number of hydrogen-bond acceptors (Lipinski definition) is 2. The van der Waals surface area contributed by atoms with Crippen LogP contribution in [0, 0.1) is 11.6 Å². The lowest BCUT2D eigenvalue weighted by molar-refractivity contribution is 0.619. The normalized spacial score (nSPS) is 10.4. The zero-order valence-corrected chi connectivity index (χ0v) is 10.7. The summed E-state index contributed by atoms with van der Waals surface area (Å²) in [4.78, 5) is 3.79. The highest BCUT2D eigenvalue weighted by molar-refractivity contribution is 9.10. The van der Waals surface area contributed by atoms with Crippen molar-refractivity contribution in [2.75, 3.05) is 5.32 Å². The van der Waals surface area contributed by atoms with Gasteiger partial charge in [-0.25, -0.2) is 8.78 Å². The van der Waals surface area contributed by atoms with Gasteiger partial charge in [0.05, 0.1) is 22.0 Å². The van der Waals surface area contributed by atoms with Gasteiger partial charge in [-0.15, -0.1) is 0 Å². The molecule has 0 amide bonds. The SMILES string of the molecule is Fc1cc(Cl)ccc1Nc1cncc(Br)c1F. The van der Waals surface area contributed by atoms with E-state index in [0.29, 0.717) is 0 Å². The number of nitrogens with one attached hydrogen (secondary N) is 1. The Balaban J connectivity index is 2.35. The molecule has 0 radical (unpaired) electrons. The van der Waals surface area contributed by atoms with Gasteiger partial charge in [0.2, 0.25) is 0 Å². The van der Waals surface area contributed by atoms with Crippen molar-refractivity contribution in [2.45, 2.75) is 0 Å². The number of pyridine rings is 1. The molecule has 1 aromatic heterocycles. The summed E-state index contributed by atoms with van der Waals surface area (Å²) in [7, 11) is 0. The molecule has 2 rings (SSSR count). The average Bonchev–Trinajstić information content (AvgIpc) is 2.28. The van der Waals surface area contributed by atoms with Crippen LogP contribution in [0.25, 0.3) is 0 Å². The van der Waals surface area contributed by atoms with E-state index >= 15 is 0 Å². The number of nitrogens with zero attached hydrogens (tertiary/aromatic N) is 1. The molecule has 1 N–H and O–H groups in total. The first kappa shape index (κ1) is 12.3. The summed E-state index contributed by atoms with van der Waals surface area (Å²) in [6.45, 7) is 0. The number of aromatic nitrogens is 1. The zero-order chi connectivity index (χ0) is 12.4. The highest BCUT2D eigenvalue weighted by Crippen LogP contribution is 2.26. The van der Waals surface area contributed by atoms with Gasteiger partial charge in [-0.1, -0.05) is 11.6 Å². The molecule has 0 bridgehead atoms. The molecule has 0 aliphatic heterocycles. The fraction of sp³-hybridized carbons (Fsp3) is 0. The van der Waals surface area contributed by atoms with Crippen LogP contribution in [-0.4, -0.2) is 4.98 Å². The number of hydrogen-bond donors (Lipinski definition) is 1. The van der Waals surface area contributed by atoms with Gasteiger partial charge >= 0.3 is 0 Å². The Morgan fingerprint density at radius 3 is 2.65 bits per heavy atom. The van der Waals surface area contributed by atoms with Gasteiger partial charge in [0.25, 0.3) is 0 Å². The number of benzene rings is 1. The van der Waals surface area contributed by atoms with E-state index in [1.54, 1.807) is 0 Å². The van der Waals surface area contributed by atoms with E-state index < -0.39 is 11.6 Å². The quantitative estimate of drug-likeness (QED) is 0.880. The molecule has 1 aromatic carbocycles. The van der Waals surface area contributed by atoms with Crippen molar-refractivity contribution < 1.29 is 8.78 Å². The largest absolute Gasteiger partial charge is 0.349 e. The van der Waals surface area contributed by atoms with Crippen LogP contribution in [0.2, 0.25) is 5.02 Å². The predicted molar refractivity (Wildman–Crippen MR) is 66.6 cm³/mol. The second-order valence-corrected chi connectivity index (χ2v) is 4.52. The summed E-state index contributed by atoms with van der Waals surface area (Å²) in [6, 6.07) is 4.08. The van der Waals surface area contributed by atoms with Gasteiger partial charge in [0.1, 0.15) is 5.82 Å². The summed E-state index contributed by atoms with van der Waals surface area (Å²) < 4.78 is 27.3. The minimum absolute atomic E-state index is 0.0839. The van der Waals surface area contributed by atoms with E-state index in [9.17, 15) is 8.78 Å². The van der Waals surface area contributed by atoms with Crippen molar-refractivity contribution in [2.24, 2.45) is 0 Å². The second-order valence-electron chi connectivity index (χ2n) is 3.23. The van der Waals surface area contributed by atoms with Crippen LogP contribution in [0.5, 0.6) is 0 Å². The third-order valence-electron chi connectivity index (χ3n) is 2.04. The minimum Gasteiger partial charge on any atom is -0.349 e. The monoisotopic (exact) mass is 318 g/mol. The fourth-order valence-electron chi connectivity index (χ4n) is 1.24. The third-order valence-corrected chi connectivity index (χ3v) is 2.83. The Bertz CT molecular complexity index is 563. The molecular weight excluding hydrogens is 313 g/mol. The van der Waals surface area contributed by atoms with Gasteiger partial charge in [0, 0.05) is 11.2 Å². The fourth-order valence-corrected chi connectivity index (χ4v) is 1.73. The van der Waals surface area contributed by atoms with E-state index in [1.807, 2.05) is 0 Å². The van der Waals surface area contributed by atoms with Crippen LogP contribution in [0.15, 0.2) is 35.1 Å². The molecular formula is C11H6BrClF2N2. The molecule has 2 aromatic rings. The minimum atomic E-state index is -0.558. The number of halogens is 4. The van der Waals surface area contributed by atoms with E-state index in [1.165, 1.54) is 24.5 Å². The number of rotatable bonds is 2. The predicted octanol–water partition coefficient (Wildman–Crippen LogP) is 4.52. The maximum Gasteiger partial charge on any atom is 0.163 e. The van der Waals surface area contributed by atoms with Crippen molar-refractivity contribution in [3.05, 3.63) is 51.7 Å². The molecule has 0 aliphatic rings. The van der Waals surface area contributed by atoms with Crippen molar-refractivity contribution >= 4 is 38.9 Å². The molecule has 0 saturated carbocycles. The Hall–Kier alpha value is -1.20. The van der Waals surface area contributed by atoms with Crippen molar-refractivity contribution in [1.29, 1.82) is 0 Å². The summed E-state index contributed by atoms with van der Waals surface area (Å²) in [5, 5.41) is 2.89. The maximum absolute atomic E-state index is 13.6. The highest BCUT2D eigenvalue weighted by Gasteiger charge is 2.09. The maximum atomic E-state index is 13.6. The summed E-state index contributed by atoms with van der Waals surface area (Å²) >= 11 is 8.61. The molecule has 1 heterocycles. The molecule has 0 fully saturated rings. The van der Waals surface area contributed by atoms with Gasteiger partial charge < -0.3 is 5.32 Å². The molecule has 0 saturated heterocycles. The third kappa shape index (κ3) is 2.73. The van der Waals surface area contributed by atoms with Crippen LogP contribution >= 0.6 is 27.5 Å². The first-order valence-corrected chi connectivity index (χ1v) is 5.76. The molecule has 88 valence electrons. The summed E-state index contributed by atoms with van der Waals surface area (Å²) in [5.41, 5.74) is 0.216. The topological polar surface area (TPSA) is 24.9 Å². The molecule has 0 unspecified atom stereocenters. The average molecular weight is 320 g/mol. The van der Waals surface area contributed by atoms with Crippen LogP contribution in [0.1, 0.15) is 0 Å². The second kappa shape index (κ2) is 4.98. The Morgan fingerprint density at radius 2 is 1.94 bits per heavy atom. The lowest BCUT2D eigenvalue weighted by Crippen LogP contribution is -1.97. The Labute approximate surface area is 110 Å². The smallest absolute Gasteiger partial charge is 0.163 e. The van der Waals surface area contributed by atoms with Gasteiger partial charge in [-0.2, -0.15) is 0 Å². The van der Waals surface area contributed by atoms with Gasteiger partial charge in [0.15, 0.2) is 5.82 Å². The van der Waals surface area contributed by atoms with Gasteiger partial charge in [-0.05, 0) is 34.1 Å². The van der Waals surface area contributed by atoms with Crippen LogP contribution in [0.3, 0.4) is 0 Å². The van der Waals surface area contributed by atoms with Crippen molar-refractivity contribution in [3.8, 4) is 0 Å². The van der Waals surface area contributed by atoms with E-state index in [2.05, 4.69) is 26.2 Å². The Kier molecular flexibility index (Phi) is 3.59. The Morgan fingerprint density at radius 1 is 1.18 bits per heavy atom. The van der Waals surface area contributed by atoms with E-state index in [0.717, 1.165) is 6.07 Å². The lowest BCUT2D eigenvalue weighted by atomic mass is 10.3. The van der Waals surface area contributed by atoms with Gasteiger partial charge in [-0.3, -0.25) is 4.98 Å². The van der Waals surface area contributed by atoms with E-state index in [4.69, 9.17) is 11.6 Å². The molecule has 17 heavy (non-hydrogen) atoms. The molecule has 0 atom stereocenters. The standard InChI is InChI=1S/C11H6BrClF2N2/c12-7-4-16-5-10(11(7)15)17-9-2-1-6(13)3-8(9)14/h1-5,17H. The summed E-state index contributed by atoms with van der Waals surface area (Å²) in [6.07, 6.45) is 2.59. The van der Waals surface area contributed by atoms with Crippen molar-refractivity contribution in [3.63, 3.8) is 0 Å². The first-order valence-electron chi connectivity index (χ1n) is 4.59. The molecule has 0 aliphatic carbocycles. The molecule has 2 nitrogen and oxygen atoms in total. The zero-order valence-electron chi connectivity index (χ0n) is 8.35. The lowest BCUT2D eigenvalue weighted by Gasteiger charge is -2.08. The molecule has 6 heteroatoms. The molecule has 0 spiro atoms. The van der Waals surface area contributed by atoms with Crippen LogP contribution in [-0.2, 0) is 0 Å². The van der Waals surface area contributed by atoms with Crippen LogP contribution in [0.4, 0.5) is 20.2 Å². The van der Waals surface area contributed by atoms with E-state index in [-0.39, 0.29) is 20.9 Å².